The fourth-order valence-corrected chi connectivity index (χ4v) is 3.50. The lowest BCUT2D eigenvalue weighted by Gasteiger charge is -2.22. The van der Waals surface area contributed by atoms with E-state index in [1.807, 2.05) is 31.2 Å². The molecule has 1 aliphatic rings. The van der Waals surface area contributed by atoms with Gasteiger partial charge in [0.2, 0.25) is 0 Å². The van der Waals surface area contributed by atoms with Crippen LogP contribution in [0.1, 0.15) is 56.5 Å². The number of nitrogens with one attached hydrogen (secondary N) is 2. The van der Waals surface area contributed by atoms with Crippen LogP contribution in [0.25, 0.3) is 0 Å². The van der Waals surface area contributed by atoms with Gasteiger partial charge in [0.05, 0.1) is 6.54 Å². The number of carbonyl (C=O) groups is 1. The summed E-state index contributed by atoms with van der Waals surface area (Å²) in [6, 6.07) is 7.72. The van der Waals surface area contributed by atoms with E-state index in [-0.39, 0.29) is 5.91 Å². The smallest absolute Gasteiger partial charge is 0.251 e. The number of benzene rings is 1. The summed E-state index contributed by atoms with van der Waals surface area (Å²) in [5.41, 5.74) is 1.81. The molecule has 1 unspecified atom stereocenters. The molecule has 144 valence electrons. The number of carbonyl (C=O) groups excluding carboxylic acids is 1. The van der Waals surface area contributed by atoms with Crippen LogP contribution in [-0.2, 0) is 6.54 Å². The lowest BCUT2D eigenvalue weighted by molar-refractivity contribution is 0.0956. The van der Waals surface area contributed by atoms with E-state index in [1.54, 1.807) is 0 Å². The van der Waals surface area contributed by atoms with Gasteiger partial charge in [-0.05, 0) is 56.2 Å². The van der Waals surface area contributed by atoms with Crippen LogP contribution in [0.15, 0.2) is 29.3 Å². The van der Waals surface area contributed by atoms with Crippen LogP contribution in [0.3, 0.4) is 0 Å². The Balaban J connectivity index is 1.97. The van der Waals surface area contributed by atoms with Crippen LogP contribution in [0.2, 0.25) is 0 Å². The van der Waals surface area contributed by atoms with E-state index in [9.17, 15) is 4.79 Å². The number of hydrogen-bond acceptors (Lipinski definition) is 2. The SMILES string of the molecule is CCNC(=O)c1ccc(CN=C(NCC)N2CCC(CC(C)C)C2)cc1. The van der Waals surface area contributed by atoms with Crippen molar-refractivity contribution in [2.75, 3.05) is 26.2 Å². The molecule has 5 heteroatoms. The summed E-state index contributed by atoms with van der Waals surface area (Å²) in [5, 5.41) is 6.25. The molecule has 1 aliphatic heterocycles. The Morgan fingerprint density at radius 2 is 1.88 bits per heavy atom. The first kappa shape index (κ1) is 20.3. The molecule has 0 saturated carbocycles. The van der Waals surface area contributed by atoms with Crippen molar-refractivity contribution >= 4 is 11.9 Å². The van der Waals surface area contributed by atoms with Crippen LogP contribution < -0.4 is 10.6 Å². The lowest BCUT2D eigenvalue weighted by Crippen LogP contribution is -2.40. The van der Waals surface area contributed by atoms with Crippen LogP contribution in [-0.4, -0.2) is 42.9 Å². The minimum Gasteiger partial charge on any atom is -0.357 e. The van der Waals surface area contributed by atoms with Crippen LogP contribution in [0.4, 0.5) is 0 Å². The molecule has 1 atom stereocenters. The third-order valence-corrected chi connectivity index (χ3v) is 4.69. The summed E-state index contributed by atoms with van der Waals surface area (Å²) in [6.07, 6.45) is 2.54. The zero-order valence-corrected chi connectivity index (χ0v) is 16.7. The molecule has 1 fully saturated rings. The van der Waals surface area contributed by atoms with E-state index in [2.05, 4.69) is 36.3 Å². The Morgan fingerprint density at radius 3 is 2.50 bits per heavy atom. The first-order valence-corrected chi connectivity index (χ1v) is 9.93. The van der Waals surface area contributed by atoms with E-state index < -0.39 is 0 Å². The van der Waals surface area contributed by atoms with Crippen molar-refractivity contribution in [2.24, 2.45) is 16.8 Å². The van der Waals surface area contributed by atoms with E-state index in [1.165, 1.54) is 12.8 Å². The molecule has 0 spiro atoms. The third kappa shape index (κ3) is 6.04. The number of hydrogen-bond donors (Lipinski definition) is 2. The van der Waals surface area contributed by atoms with Crippen molar-refractivity contribution in [1.82, 2.24) is 15.5 Å². The Morgan fingerprint density at radius 1 is 1.19 bits per heavy atom. The van der Waals surface area contributed by atoms with Gasteiger partial charge >= 0.3 is 0 Å². The molecule has 0 bridgehead atoms. The second-order valence-electron chi connectivity index (χ2n) is 7.46. The number of nitrogens with zero attached hydrogens (tertiary/aromatic N) is 2. The zero-order valence-electron chi connectivity index (χ0n) is 16.7. The molecule has 0 radical (unpaired) electrons. The van der Waals surface area contributed by atoms with Crippen LogP contribution in [0.5, 0.6) is 0 Å². The molecule has 26 heavy (non-hydrogen) atoms. The molecule has 5 nitrogen and oxygen atoms in total. The van der Waals surface area contributed by atoms with E-state index >= 15 is 0 Å². The fourth-order valence-electron chi connectivity index (χ4n) is 3.50. The fraction of sp³-hybridized carbons (Fsp3) is 0.619. The van der Waals surface area contributed by atoms with Crippen LogP contribution >= 0.6 is 0 Å². The van der Waals surface area contributed by atoms with Gasteiger partial charge in [-0.15, -0.1) is 0 Å². The van der Waals surface area contributed by atoms with Crippen LogP contribution in [0, 0.1) is 11.8 Å². The minimum absolute atomic E-state index is 0.0239. The maximum Gasteiger partial charge on any atom is 0.251 e. The normalized spacial score (nSPS) is 17.7. The zero-order chi connectivity index (χ0) is 18.9. The maximum absolute atomic E-state index is 11.8. The van der Waals surface area contributed by atoms with Gasteiger partial charge in [-0.3, -0.25) is 4.79 Å². The molecular weight excluding hydrogens is 324 g/mol. The van der Waals surface area contributed by atoms with Gasteiger partial charge in [0.1, 0.15) is 0 Å². The van der Waals surface area contributed by atoms with E-state index in [0.29, 0.717) is 18.7 Å². The van der Waals surface area contributed by atoms with Crippen molar-refractivity contribution in [2.45, 2.75) is 47.1 Å². The van der Waals surface area contributed by atoms with Gasteiger partial charge in [0.25, 0.3) is 5.91 Å². The van der Waals surface area contributed by atoms with E-state index in [0.717, 1.165) is 43.0 Å². The quantitative estimate of drug-likeness (QED) is 0.581. The Labute approximate surface area is 158 Å². The molecule has 1 heterocycles. The average Bonchev–Trinajstić information content (AvgIpc) is 3.07. The number of guanidine groups is 1. The molecule has 1 amide bonds. The largest absolute Gasteiger partial charge is 0.357 e. The highest BCUT2D eigenvalue weighted by atomic mass is 16.1. The Bertz CT molecular complexity index is 595. The number of aliphatic imine (C=N–C) groups is 1. The van der Waals surface area contributed by atoms with Crippen molar-refractivity contribution in [1.29, 1.82) is 0 Å². The summed E-state index contributed by atoms with van der Waals surface area (Å²) in [4.78, 5) is 19.0. The molecule has 0 aliphatic carbocycles. The summed E-state index contributed by atoms with van der Waals surface area (Å²) < 4.78 is 0. The van der Waals surface area contributed by atoms with Gasteiger partial charge in [0.15, 0.2) is 5.96 Å². The van der Waals surface area contributed by atoms with Gasteiger partial charge in [0, 0.05) is 31.7 Å². The molecular formula is C21H34N4O. The van der Waals surface area contributed by atoms with Gasteiger partial charge < -0.3 is 15.5 Å². The first-order chi connectivity index (χ1) is 12.5. The molecule has 1 aromatic rings. The van der Waals surface area contributed by atoms with Gasteiger partial charge in [-0.25, -0.2) is 4.99 Å². The van der Waals surface area contributed by atoms with Crippen molar-refractivity contribution < 1.29 is 4.79 Å². The maximum atomic E-state index is 11.8. The van der Waals surface area contributed by atoms with Gasteiger partial charge in [-0.2, -0.15) is 0 Å². The third-order valence-electron chi connectivity index (χ3n) is 4.69. The van der Waals surface area contributed by atoms with Crippen molar-refractivity contribution in [3.63, 3.8) is 0 Å². The highest BCUT2D eigenvalue weighted by Gasteiger charge is 2.25. The standard InChI is InChI=1S/C21H34N4O/c1-5-22-20(26)19-9-7-17(8-10-19)14-24-21(23-6-2)25-12-11-18(15-25)13-16(3)4/h7-10,16,18H,5-6,11-15H2,1-4H3,(H,22,26)(H,23,24). The summed E-state index contributed by atoms with van der Waals surface area (Å²) >= 11 is 0. The minimum atomic E-state index is -0.0239. The second-order valence-corrected chi connectivity index (χ2v) is 7.46. The molecule has 1 saturated heterocycles. The topological polar surface area (TPSA) is 56.7 Å². The highest BCUT2D eigenvalue weighted by Crippen LogP contribution is 2.23. The second kappa shape index (κ2) is 10.2. The summed E-state index contributed by atoms with van der Waals surface area (Å²) in [6.45, 7) is 13.0. The molecule has 2 rings (SSSR count). The molecule has 0 aromatic heterocycles. The number of likely N-dealkylation sites (tertiary alicyclic amines) is 1. The van der Waals surface area contributed by atoms with Gasteiger partial charge in [-0.1, -0.05) is 26.0 Å². The first-order valence-electron chi connectivity index (χ1n) is 9.93. The Hall–Kier alpha value is -2.04. The predicted molar refractivity (Wildman–Crippen MR) is 108 cm³/mol. The Kier molecular flexibility index (Phi) is 7.95. The van der Waals surface area contributed by atoms with Crippen molar-refractivity contribution in [3.8, 4) is 0 Å². The monoisotopic (exact) mass is 358 g/mol. The molecule has 1 aromatic carbocycles. The molecule has 2 N–H and O–H groups in total. The summed E-state index contributed by atoms with van der Waals surface area (Å²) in [7, 11) is 0. The number of amides is 1. The van der Waals surface area contributed by atoms with Crippen molar-refractivity contribution in [3.05, 3.63) is 35.4 Å². The summed E-state index contributed by atoms with van der Waals surface area (Å²) in [5.74, 6) is 2.51. The highest BCUT2D eigenvalue weighted by molar-refractivity contribution is 5.94. The lowest BCUT2D eigenvalue weighted by atomic mass is 9.97. The number of rotatable bonds is 7. The van der Waals surface area contributed by atoms with E-state index in [4.69, 9.17) is 4.99 Å². The average molecular weight is 359 g/mol. The predicted octanol–water partition coefficient (Wildman–Crippen LogP) is 3.27.